The molecule has 0 spiro atoms. The minimum Gasteiger partial charge on any atom is -0.341 e. The Bertz CT molecular complexity index is 427. The van der Waals surface area contributed by atoms with Crippen molar-refractivity contribution in [3.8, 4) is 0 Å². The number of aromatic nitrogens is 2. The van der Waals surface area contributed by atoms with E-state index in [4.69, 9.17) is 0 Å². The van der Waals surface area contributed by atoms with Crippen LogP contribution in [-0.4, -0.2) is 45.0 Å². The fraction of sp³-hybridized carbons (Fsp3) is 0.750. The fourth-order valence-corrected chi connectivity index (χ4v) is 3.54. The van der Waals surface area contributed by atoms with E-state index in [1.54, 1.807) is 0 Å². The standard InChI is InChI=1S/C16H26N3OS/c1-15-17-8-10-18(15)9-6-4-2-3-5-7-16(20)19-11-13-21-14-12-19/h10H,2-7,9,11-14H2,1H3. The molecule has 5 heteroatoms. The van der Waals surface area contributed by atoms with Gasteiger partial charge in [0, 0.05) is 43.8 Å². The summed E-state index contributed by atoms with van der Waals surface area (Å²) in [4.78, 5) is 18.1. The van der Waals surface area contributed by atoms with E-state index in [1.165, 1.54) is 25.7 Å². The van der Waals surface area contributed by atoms with Gasteiger partial charge in [-0.1, -0.05) is 19.3 Å². The number of amides is 1. The molecule has 0 saturated carbocycles. The van der Waals surface area contributed by atoms with Crippen molar-refractivity contribution in [2.24, 2.45) is 0 Å². The van der Waals surface area contributed by atoms with Gasteiger partial charge in [0.1, 0.15) is 12.0 Å². The van der Waals surface area contributed by atoms with E-state index in [0.29, 0.717) is 5.91 Å². The Morgan fingerprint density at radius 2 is 1.95 bits per heavy atom. The van der Waals surface area contributed by atoms with Crippen molar-refractivity contribution >= 4 is 17.7 Å². The molecular weight excluding hydrogens is 282 g/mol. The van der Waals surface area contributed by atoms with Crippen LogP contribution < -0.4 is 0 Å². The summed E-state index contributed by atoms with van der Waals surface area (Å²) in [6.45, 7) is 4.95. The molecule has 0 N–H and O–H groups in total. The quantitative estimate of drug-likeness (QED) is 0.693. The first-order valence-corrected chi connectivity index (χ1v) is 9.18. The van der Waals surface area contributed by atoms with E-state index in [9.17, 15) is 4.79 Å². The third-order valence-electron chi connectivity index (χ3n) is 4.01. The zero-order valence-electron chi connectivity index (χ0n) is 13.0. The molecule has 1 amide bonds. The Balaban J connectivity index is 1.46. The Hall–Kier alpha value is -0.970. The number of hydrogen-bond donors (Lipinski definition) is 0. The third-order valence-corrected chi connectivity index (χ3v) is 4.95. The van der Waals surface area contributed by atoms with Gasteiger partial charge in [0.15, 0.2) is 0 Å². The first-order chi connectivity index (χ1) is 10.3. The van der Waals surface area contributed by atoms with Crippen LogP contribution in [0.1, 0.15) is 44.3 Å². The molecule has 0 aliphatic carbocycles. The minimum absolute atomic E-state index is 0.361. The Morgan fingerprint density at radius 1 is 1.24 bits per heavy atom. The van der Waals surface area contributed by atoms with Crippen LogP contribution in [0.3, 0.4) is 0 Å². The van der Waals surface area contributed by atoms with Gasteiger partial charge < -0.3 is 9.47 Å². The van der Waals surface area contributed by atoms with Crippen LogP contribution in [0.15, 0.2) is 6.20 Å². The Kier molecular flexibility index (Phi) is 7.13. The monoisotopic (exact) mass is 308 g/mol. The second-order valence-corrected chi connectivity index (χ2v) is 6.85. The predicted octanol–water partition coefficient (Wildman–Crippen LogP) is 2.91. The highest BCUT2D eigenvalue weighted by atomic mass is 32.2. The zero-order chi connectivity index (χ0) is 14.9. The highest BCUT2D eigenvalue weighted by Crippen LogP contribution is 2.13. The zero-order valence-corrected chi connectivity index (χ0v) is 13.8. The molecule has 4 nitrogen and oxygen atoms in total. The lowest BCUT2D eigenvalue weighted by molar-refractivity contribution is -0.130. The molecule has 0 unspecified atom stereocenters. The number of thioether (sulfide) groups is 1. The van der Waals surface area contributed by atoms with Gasteiger partial charge in [0.2, 0.25) is 5.91 Å². The summed E-state index contributed by atoms with van der Waals surface area (Å²) in [6.07, 6.45) is 11.4. The number of carbonyl (C=O) groups is 1. The van der Waals surface area contributed by atoms with E-state index in [0.717, 1.165) is 49.8 Å². The molecule has 2 rings (SSSR count). The van der Waals surface area contributed by atoms with Crippen LogP contribution >= 0.6 is 11.8 Å². The number of hydrogen-bond acceptors (Lipinski definition) is 3. The van der Waals surface area contributed by atoms with Crippen molar-refractivity contribution in [1.29, 1.82) is 0 Å². The summed E-state index contributed by atoms with van der Waals surface area (Å²) >= 11 is 1.95. The number of aryl methyl sites for hydroxylation is 2. The van der Waals surface area contributed by atoms with Gasteiger partial charge in [-0.25, -0.2) is 4.98 Å². The molecule has 21 heavy (non-hydrogen) atoms. The lowest BCUT2D eigenvalue weighted by atomic mass is 10.1. The molecule has 1 fully saturated rings. The Morgan fingerprint density at radius 3 is 2.67 bits per heavy atom. The molecule has 1 aromatic rings. The smallest absolute Gasteiger partial charge is 0.222 e. The highest BCUT2D eigenvalue weighted by Gasteiger charge is 2.15. The first-order valence-electron chi connectivity index (χ1n) is 8.03. The third kappa shape index (κ3) is 5.73. The SMILES string of the molecule is Cc1n[c]cn1CCCCCCCC(=O)N1CCSCC1. The number of imidazole rings is 1. The maximum atomic E-state index is 12.0. The van der Waals surface area contributed by atoms with Crippen molar-refractivity contribution in [1.82, 2.24) is 14.5 Å². The molecule has 1 radical (unpaired) electrons. The molecule has 2 heterocycles. The lowest BCUT2D eigenvalue weighted by Gasteiger charge is -2.26. The van der Waals surface area contributed by atoms with Crippen molar-refractivity contribution in [3.63, 3.8) is 0 Å². The van der Waals surface area contributed by atoms with Crippen molar-refractivity contribution in [2.75, 3.05) is 24.6 Å². The van der Waals surface area contributed by atoms with E-state index in [2.05, 4.69) is 15.7 Å². The molecule has 1 saturated heterocycles. The van der Waals surface area contributed by atoms with E-state index in [-0.39, 0.29) is 0 Å². The minimum atomic E-state index is 0.361. The largest absolute Gasteiger partial charge is 0.341 e. The molecule has 1 aromatic heterocycles. The maximum absolute atomic E-state index is 12.0. The summed E-state index contributed by atoms with van der Waals surface area (Å²) in [7, 11) is 0. The predicted molar refractivity (Wildman–Crippen MR) is 87.4 cm³/mol. The van der Waals surface area contributed by atoms with Crippen LogP contribution in [-0.2, 0) is 11.3 Å². The lowest BCUT2D eigenvalue weighted by Crippen LogP contribution is -2.37. The Labute approximate surface area is 132 Å². The van der Waals surface area contributed by atoms with Crippen LogP contribution in [0.2, 0.25) is 0 Å². The number of unbranched alkanes of at least 4 members (excludes halogenated alkanes) is 4. The summed E-state index contributed by atoms with van der Waals surface area (Å²) < 4.78 is 2.15. The van der Waals surface area contributed by atoms with Gasteiger partial charge in [0.05, 0.1) is 0 Å². The van der Waals surface area contributed by atoms with Crippen LogP contribution in [0, 0.1) is 13.1 Å². The molecule has 0 atom stereocenters. The highest BCUT2D eigenvalue weighted by molar-refractivity contribution is 7.99. The van der Waals surface area contributed by atoms with Crippen LogP contribution in [0.25, 0.3) is 0 Å². The number of carbonyl (C=O) groups excluding carboxylic acids is 1. The van der Waals surface area contributed by atoms with Gasteiger partial charge in [-0.15, -0.1) is 0 Å². The van der Waals surface area contributed by atoms with Gasteiger partial charge in [-0.3, -0.25) is 4.79 Å². The van der Waals surface area contributed by atoms with E-state index >= 15 is 0 Å². The molecule has 0 aromatic carbocycles. The normalized spacial score (nSPS) is 15.4. The number of rotatable bonds is 8. The number of nitrogens with zero attached hydrogens (tertiary/aromatic N) is 3. The van der Waals surface area contributed by atoms with Gasteiger partial charge >= 0.3 is 0 Å². The topological polar surface area (TPSA) is 38.1 Å². The molecule has 1 aliphatic rings. The van der Waals surface area contributed by atoms with E-state index in [1.807, 2.05) is 29.8 Å². The summed E-state index contributed by atoms with van der Waals surface area (Å²) in [5.74, 6) is 3.62. The van der Waals surface area contributed by atoms with Crippen LogP contribution in [0.5, 0.6) is 0 Å². The maximum Gasteiger partial charge on any atom is 0.222 e. The van der Waals surface area contributed by atoms with Crippen LogP contribution in [0.4, 0.5) is 0 Å². The first kappa shape index (κ1) is 16.4. The summed E-state index contributed by atoms with van der Waals surface area (Å²) in [6, 6.07) is 0. The second kappa shape index (κ2) is 9.13. The van der Waals surface area contributed by atoms with Gasteiger partial charge in [-0.05, 0) is 19.8 Å². The average Bonchev–Trinajstić information content (AvgIpc) is 2.92. The van der Waals surface area contributed by atoms with Gasteiger partial charge in [-0.2, -0.15) is 11.8 Å². The molecular formula is C16H26N3OS. The van der Waals surface area contributed by atoms with Crippen molar-refractivity contribution in [3.05, 3.63) is 18.2 Å². The average molecular weight is 308 g/mol. The van der Waals surface area contributed by atoms with Crippen molar-refractivity contribution < 1.29 is 4.79 Å². The van der Waals surface area contributed by atoms with Crippen molar-refractivity contribution in [2.45, 2.75) is 52.0 Å². The van der Waals surface area contributed by atoms with Gasteiger partial charge in [0.25, 0.3) is 0 Å². The molecule has 0 bridgehead atoms. The second-order valence-electron chi connectivity index (χ2n) is 5.62. The molecule has 117 valence electrons. The van der Waals surface area contributed by atoms with E-state index < -0.39 is 0 Å². The summed E-state index contributed by atoms with van der Waals surface area (Å²) in [5, 5.41) is 0. The fourth-order valence-electron chi connectivity index (χ4n) is 2.64. The molecule has 1 aliphatic heterocycles. The summed E-state index contributed by atoms with van der Waals surface area (Å²) in [5.41, 5.74) is 0.